The van der Waals surface area contributed by atoms with Crippen LogP contribution in [-0.2, 0) is 9.53 Å². The maximum absolute atomic E-state index is 12.9. The Morgan fingerprint density at radius 2 is 1.77 bits per heavy atom. The number of carbonyl (C=O) groups excluding carboxylic acids is 2. The first kappa shape index (κ1) is 22.9. The number of aryl methyl sites for hydroxylation is 1. The van der Waals surface area contributed by atoms with Crippen LogP contribution in [0.3, 0.4) is 0 Å². The number of nitrogens with zero attached hydrogens (tertiary/aromatic N) is 2. The first-order chi connectivity index (χ1) is 15.0. The highest BCUT2D eigenvalue weighted by Gasteiger charge is 2.25. The molecule has 5 nitrogen and oxygen atoms in total. The lowest BCUT2D eigenvalue weighted by atomic mass is 10.1. The summed E-state index contributed by atoms with van der Waals surface area (Å²) in [6.07, 6.45) is 4.90. The predicted molar refractivity (Wildman–Crippen MR) is 125 cm³/mol. The summed E-state index contributed by atoms with van der Waals surface area (Å²) in [6.45, 7) is 6.28. The summed E-state index contributed by atoms with van der Waals surface area (Å²) in [5, 5.41) is 0. The minimum absolute atomic E-state index is 0.271. The van der Waals surface area contributed by atoms with Gasteiger partial charge in [-0.25, -0.2) is 4.79 Å². The number of para-hydroxylation sites is 1. The molecule has 0 N–H and O–H groups in total. The van der Waals surface area contributed by atoms with Crippen molar-refractivity contribution in [3.63, 3.8) is 0 Å². The fourth-order valence-corrected chi connectivity index (χ4v) is 4.64. The van der Waals surface area contributed by atoms with Crippen LogP contribution in [0.25, 0.3) is 10.2 Å². The van der Waals surface area contributed by atoms with Crippen molar-refractivity contribution in [3.8, 4) is 0 Å². The number of carbonyl (C=O) groups is 2. The Morgan fingerprint density at radius 1 is 1.03 bits per heavy atom. The lowest BCUT2D eigenvalue weighted by Crippen LogP contribution is -2.29. The topological polar surface area (TPSA) is 60.7 Å². The fourth-order valence-electron chi connectivity index (χ4n) is 3.57. The molecule has 0 fully saturated rings. The molecule has 0 aliphatic carbocycles. The summed E-state index contributed by atoms with van der Waals surface area (Å²) in [5.41, 5.74) is 2.52. The molecule has 1 aromatic heterocycles. The largest absolute Gasteiger partial charge is 0.464 e. The van der Waals surface area contributed by atoms with E-state index in [1.807, 2.05) is 54.8 Å². The van der Waals surface area contributed by atoms with Gasteiger partial charge in [-0.05, 0) is 44.5 Å². The molecule has 3 aromatic rings. The number of thiazole rings is 1. The van der Waals surface area contributed by atoms with Gasteiger partial charge in [0.2, 0.25) is 0 Å². The van der Waals surface area contributed by atoms with Crippen LogP contribution >= 0.6 is 11.3 Å². The minimum Gasteiger partial charge on any atom is -0.464 e. The third-order valence-electron chi connectivity index (χ3n) is 5.23. The Labute approximate surface area is 187 Å². The third-order valence-corrected chi connectivity index (χ3v) is 6.26. The van der Waals surface area contributed by atoms with Gasteiger partial charge in [-0.2, -0.15) is 4.99 Å². The lowest BCUT2D eigenvalue weighted by molar-refractivity contribution is -0.147. The van der Waals surface area contributed by atoms with Crippen LogP contribution < -0.4 is 4.80 Å². The molecular weight excluding hydrogens is 408 g/mol. The Kier molecular flexibility index (Phi) is 8.18. The number of hydrogen-bond donors (Lipinski definition) is 0. The highest BCUT2D eigenvalue weighted by Crippen LogP contribution is 2.25. The highest BCUT2D eigenvalue weighted by atomic mass is 32.1. The number of aromatic nitrogens is 1. The Bertz CT molecular complexity index is 1100. The molecule has 0 bridgehead atoms. The van der Waals surface area contributed by atoms with Crippen molar-refractivity contribution in [1.82, 2.24) is 4.57 Å². The number of esters is 1. The molecule has 0 aliphatic heterocycles. The lowest BCUT2D eigenvalue weighted by Gasteiger charge is -2.18. The first-order valence-corrected chi connectivity index (χ1v) is 11.8. The van der Waals surface area contributed by atoms with E-state index in [9.17, 15) is 9.59 Å². The summed E-state index contributed by atoms with van der Waals surface area (Å²) in [4.78, 5) is 30.8. The van der Waals surface area contributed by atoms with Gasteiger partial charge in [-0.1, -0.05) is 73.8 Å². The van der Waals surface area contributed by atoms with Crippen LogP contribution in [0.15, 0.2) is 53.5 Å². The number of amides is 1. The van der Waals surface area contributed by atoms with E-state index in [1.165, 1.54) is 11.3 Å². The van der Waals surface area contributed by atoms with E-state index in [2.05, 4.69) is 11.9 Å². The summed E-state index contributed by atoms with van der Waals surface area (Å²) in [7, 11) is 0. The second-order valence-electron chi connectivity index (χ2n) is 7.62. The molecule has 0 radical (unpaired) electrons. The van der Waals surface area contributed by atoms with E-state index in [0.29, 0.717) is 23.4 Å². The first-order valence-electron chi connectivity index (χ1n) is 11.0. The molecule has 0 saturated carbocycles. The average Bonchev–Trinajstić information content (AvgIpc) is 3.12. The van der Waals surface area contributed by atoms with E-state index in [-0.39, 0.29) is 11.9 Å². The van der Waals surface area contributed by atoms with Gasteiger partial charge in [0.05, 0.1) is 16.8 Å². The van der Waals surface area contributed by atoms with Crippen molar-refractivity contribution in [3.05, 3.63) is 64.5 Å². The summed E-state index contributed by atoms with van der Waals surface area (Å²) < 4.78 is 8.30. The molecule has 6 heteroatoms. The highest BCUT2D eigenvalue weighted by molar-refractivity contribution is 7.16. The second kappa shape index (κ2) is 11.0. The van der Waals surface area contributed by atoms with Gasteiger partial charge in [0.25, 0.3) is 5.91 Å². The number of ether oxygens (including phenoxy) is 1. The molecule has 1 unspecified atom stereocenters. The molecule has 0 spiro atoms. The number of fused-ring (bicyclic) bond motifs is 1. The van der Waals surface area contributed by atoms with Gasteiger partial charge in [-0.3, -0.25) is 4.79 Å². The molecule has 3 rings (SSSR count). The Hall–Kier alpha value is -2.73. The van der Waals surface area contributed by atoms with Gasteiger partial charge in [-0.15, -0.1) is 0 Å². The average molecular weight is 439 g/mol. The van der Waals surface area contributed by atoms with Gasteiger partial charge in [0.15, 0.2) is 4.80 Å². The van der Waals surface area contributed by atoms with Gasteiger partial charge in [0.1, 0.15) is 6.04 Å². The monoisotopic (exact) mass is 438 g/mol. The molecule has 1 atom stereocenters. The molecule has 164 valence electrons. The molecule has 31 heavy (non-hydrogen) atoms. The smallest absolute Gasteiger partial charge is 0.329 e. The normalized spacial score (nSPS) is 12.8. The van der Waals surface area contributed by atoms with Crippen LogP contribution in [0.2, 0.25) is 0 Å². The van der Waals surface area contributed by atoms with E-state index in [1.54, 1.807) is 12.1 Å². The van der Waals surface area contributed by atoms with Crippen LogP contribution in [0.1, 0.15) is 67.9 Å². The standard InChI is InChI=1S/C25H30N2O3S/c1-4-6-7-8-12-21(24(29)30-5-2)27-20-11-9-10-13-22(20)31-25(27)26-23(28)19-16-14-18(3)15-17-19/h9-11,13-17,21H,4-8,12H2,1-3H3. The summed E-state index contributed by atoms with van der Waals surface area (Å²) in [6, 6.07) is 14.7. The fraction of sp³-hybridized carbons (Fsp3) is 0.400. The maximum Gasteiger partial charge on any atom is 0.329 e. The van der Waals surface area contributed by atoms with Crippen LogP contribution in [0.5, 0.6) is 0 Å². The van der Waals surface area contributed by atoms with Crippen molar-refractivity contribution in [2.75, 3.05) is 6.61 Å². The zero-order valence-electron chi connectivity index (χ0n) is 18.5. The molecule has 0 saturated heterocycles. The SMILES string of the molecule is CCCCCCC(C(=O)OCC)n1c(=NC(=O)c2ccc(C)cc2)sc2ccccc21. The van der Waals surface area contributed by atoms with Crippen LogP contribution in [-0.4, -0.2) is 23.1 Å². The van der Waals surface area contributed by atoms with E-state index in [4.69, 9.17) is 4.74 Å². The van der Waals surface area contributed by atoms with Crippen molar-refractivity contribution < 1.29 is 14.3 Å². The predicted octanol–water partition coefficient (Wildman–Crippen LogP) is 5.83. The number of benzene rings is 2. The van der Waals surface area contributed by atoms with Crippen LogP contribution in [0, 0.1) is 6.92 Å². The zero-order chi connectivity index (χ0) is 22.2. The quantitative estimate of drug-likeness (QED) is 0.312. The van der Waals surface area contributed by atoms with E-state index in [0.717, 1.165) is 41.5 Å². The van der Waals surface area contributed by atoms with Crippen molar-refractivity contribution in [2.45, 2.75) is 58.9 Å². The minimum atomic E-state index is -0.502. The Balaban J connectivity index is 2.08. The van der Waals surface area contributed by atoms with Gasteiger partial charge < -0.3 is 9.30 Å². The Morgan fingerprint density at radius 3 is 2.48 bits per heavy atom. The molecule has 2 aromatic carbocycles. The van der Waals surface area contributed by atoms with Crippen molar-refractivity contribution in [1.29, 1.82) is 0 Å². The second-order valence-corrected chi connectivity index (χ2v) is 8.63. The summed E-state index contributed by atoms with van der Waals surface area (Å²) in [5.74, 6) is -0.583. The maximum atomic E-state index is 12.9. The van der Waals surface area contributed by atoms with Gasteiger partial charge in [0, 0.05) is 5.56 Å². The summed E-state index contributed by atoms with van der Waals surface area (Å²) >= 11 is 1.43. The zero-order valence-corrected chi connectivity index (χ0v) is 19.3. The van der Waals surface area contributed by atoms with Crippen LogP contribution in [0.4, 0.5) is 0 Å². The number of unbranched alkanes of at least 4 members (excludes halogenated alkanes) is 3. The molecular formula is C25H30N2O3S. The molecule has 1 amide bonds. The van der Waals surface area contributed by atoms with Crippen molar-refractivity contribution in [2.24, 2.45) is 4.99 Å². The molecule has 1 heterocycles. The van der Waals surface area contributed by atoms with E-state index >= 15 is 0 Å². The third kappa shape index (κ3) is 5.70. The number of rotatable bonds is 9. The number of hydrogen-bond acceptors (Lipinski definition) is 4. The molecule has 0 aliphatic rings. The van der Waals surface area contributed by atoms with Gasteiger partial charge >= 0.3 is 5.97 Å². The van der Waals surface area contributed by atoms with Crippen molar-refractivity contribution >= 4 is 33.4 Å². The van der Waals surface area contributed by atoms with E-state index < -0.39 is 6.04 Å².